The summed E-state index contributed by atoms with van der Waals surface area (Å²) in [5.74, 6) is 0. The molecule has 0 fully saturated rings. The summed E-state index contributed by atoms with van der Waals surface area (Å²) in [6.45, 7) is 18.1. The molecule has 0 rings (SSSR count). The Morgan fingerprint density at radius 3 is 2.09 bits per heavy atom. The average molecular weight is 329 g/mol. The number of nitrogens with one attached hydrogen (secondary N) is 2. The van der Waals surface area contributed by atoms with Crippen LogP contribution in [0.4, 0.5) is 0 Å². The molecule has 0 amide bonds. The molecule has 0 aromatic rings. The molecule has 4 nitrogen and oxygen atoms in total. The zero-order chi connectivity index (χ0) is 18.5. The lowest BCUT2D eigenvalue weighted by atomic mass is 10.1. The van der Waals surface area contributed by atoms with Crippen molar-refractivity contribution in [3.63, 3.8) is 0 Å². The lowest BCUT2D eigenvalue weighted by molar-refractivity contribution is 0.137. The summed E-state index contributed by atoms with van der Waals surface area (Å²) in [5.41, 5.74) is 3.87. The quantitative estimate of drug-likeness (QED) is 0.178. The monoisotopic (exact) mass is 328 g/mol. The molecule has 0 bridgehead atoms. The van der Waals surface area contributed by atoms with Crippen LogP contribution >= 0.6 is 0 Å². The van der Waals surface area contributed by atoms with E-state index in [9.17, 15) is 5.11 Å². The topological polar surface area (TPSA) is 64.5 Å². The van der Waals surface area contributed by atoms with Gasteiger partial charge in [0.05, 0.1) is 0 Å². The molecule has 4 N–H and O–H groups in total. The largest absolute Gasteiger partial charge is 0.374 e. The average Bonchev–Trinajstić information content (AvgIpc) is 2.57. The van der Waals surface area contributed by atoms with Gasteiger partial charge in [-0.05, 0) is 37.8 Å². The predicted molar refractivity (Wildman–Crippen MR) is 102 cm³/mol. The van der Waals surface area contributed by atoms with E-state index in [-0.39, 0.29) is 0 Å². The first-order chi connectivity index (χ1) is 11.1. The molecular formula is C19H40N2O2. The second-order valence-corrected chi connectivity index (χ2v) is 4.74. The zero-order valence-electron chi connectivity index (χ0n) is 16.0. The van der Waals surface area contributed by atoms with Crippen LogP contribution < -0.4 is 10.8 Å². The van der Waals surface area contributed by atoms with Crippen LogP contribution in [0.1, 0.15) is 73.1 Å². The molecule has 0 spiro atoms. The second-order valence-electron chi connectivity index (χ2n) is 4.74. The number of hydrogen-bond acceptors (Lipinski definition) is 4. The summed E-state index contributed by atoms with van der Waals surface area (Å²) in [5, 5.41) is 21.1. The molecule has 4 heteroatoms. The number of aliphatic hydroxyl groups is 1. The summed E-state index contributed by atoms with van der Waals surface area (Å²) in [6.07, 6.45) is 9.09. The van der Waals surface area contributed by atoms with Crippen LogP contribution in [-0.2, 0) is 0 Å². The van der Waals surface area contributed by atoms with Gasteiger partial charge in [-0.2, -0.15) is 0 Å². The highest BCUT2D eigenvalue weighted by molar-refractivity contribution is 5.24. The van der Waals surface area contributed by atoms with Gasteiger partial charge >= 0.3 is 0 Å². The molecule has 1 atom stereocenters. The maximum absolute atomic E-state index is 9.78. The molecule has 0 aliphatic rings. The van der Waals surface area contributed by atoms with Gasteiger partial charge in [0.15, 0.2) is 0 Å². The molecule has 1 unspecified atom stereocenters. The van der Waals surface area contributed by atoms with Crippen LogP contribution in [0, 0.1) is 0 Å². The fourth-order valence-corrected chi connectivity index (χ4v) is 1.73. The van der Waals surface area contributed by atoms with E-state index in [0.29, 0.717) is 12.2 Å². The molecule has 0 aromatic carbocycles. The minimum atomic E-state index is -0.541. The Kier molecular flexibility index (Phi) is 27.0. The Morgan fingerprint density at radius 1 is 1.04 bits per heavy atom. The van der Waals surface area contributed by atoms with Gasteiger partial charge in [0.2, 0.25) is 0 Å². The molecular weight excluding hydrogens is 288 g/mol. The number of allylic oxidation sites excluding steroid dienone is 3. The Labute approximate surface area is 144 Å². The third kappa shape index (κ3) is 23.3. The lowest BCUT2D eigenvalue weighted by Gasteiger charge is -2.14. The van der Waals surface area contributed by atoms with Crippen LogP contribution in [0.2, 0.25) is 0 Å². The molecule has 138 valence electrons. The Balaban J connectivity index is -0.000000919. The van der Waals surface area contributed by atoms with Gasteiger partial charge in [0, 0.05) is 12.2 Å². The molecule has 23 heavy (non-hydrogen) atoms. The summed E-state index contributed by atoms with van der Waals surface area (Å²) in [4.78, 5) is 0. The minimum Gasteiger partial charge on any atom is -0.374 e. The van der Waals surface area contributed by atoms with Crippen LogP contribution in [0.25, 0.3) is 0 Å². The van der Waals surface area contributed by atoms with Gasteiger partial charge in [-0.1, -0.05) is 66.2 Å². The molecule has 0 saturated carbocycles. The normalized spacial score (nSPS) is 11.3. The van der Waals surface area contributed by atoms with Crippen molar-refractivity contribution in [3.8, 4) is 0 Å². The first-order valence-electron chi connectivity index (χ1n) is 8.91. The molecule has 0 radical (unpaired) electrons. The third-order valence-corrected chi connectivity index (χ3v) is 2.84. The first kappa shape index (κ1) is 26.8. The molecule has 0 aromatic heterocycles. The zero-order valence-corrected chi connectivity index (χ0v) is 16.0. The van der Waals surface area contributed by atoms with E-state index in [1.54, 1.807) is 6.08 Å². The standard InChI is InChI=1S/C15H28N2O2.2C2H6/c1-4-13(2)12-14(3)17-15(18)10-8-6-5-7-9-11-16-19;2*1-2/h4,12,15-19H,1,3,5-11H2,2H3;2*1-2H3/b13-12-;;. The number of hydrogen-bond donors (Lipinski definition) is 4. The van der Waals surface area contributed by atoms with E-state index in [4.69, 9.17) is 5.21 Å². The minimum absolute atomic E-state index is 0.541. The van der Waals surface area contributed by atoms with Gasteiger partial charge in [-0.3, -0.25) is 0 Å². The van der Waals surface area contributed by atoms with Crippen molar-refractivity contribution in [1.29, 1.82) is 0 Å². The number of unbranched alkanes of at least 4 members (excludes halogenated alkanes) is 4. The fourth-order valence-electron chi connectivity index (χ4n) is 1.73. The maximum Gasteiger partial charge on any atom is 0.124 e. The van der Waals surface area contributed by atoms with Crippen molar-refractivity contribution in [3.05, 3.63) is 36.6 Å². The summed E-state index contributed by atoms with van der Waals surface area (Å²) in [6, 6.07) is 0. The lowest BCUT2D eigenvalue weighted by Crippen LogP contribution is -2.26. The highest BCUT2D eigenvalue weighted by atomic mass is 16.5. The van der Waals surface area contributed by atoms with Gasteiger partial charge in [-0.15, -0.1) is 0 Å². The number of rotatable bonds is 12. The van der Waals surface area contributed by atoms with Crippen molar-refractivity contribution in [2.45, 2.75) is 79.4 Å². The van der Waals surface area contributed by atoms with E-state index < -0.39 is 6.23 Å². The molecule has 0 aliphatic carbocycles. The van der Waals surface area contributed by atoms with Crippen molar-refractivity contribution in [2.24, 2.45) is 0 Å². The van der Waals surface area contributed by atoms with Crippen LogP contribution in [0.3, 0.4) is 0 Å². The van der Waals surface area contributed by atoms with E-state index in [0.717, 1.165) is 44.1 Å². The Bertz CT molecular complexity index is 289. The van der Waals surface area contributed by atoms with E-state index in [2.05, 4.69) is 24.0 Å². The fraction of sp³-hybridized carbons (Fsp3) is 0.684. The summed E-state index contributed by atoms with van der Waals surface area (Å²) >= 11 is 0. The van der Waals surface area contributed by atoms with E-state index in [1.807, 2.05) is 40.7 Å². The molecule has 0 heterocycles. The smallest absolute Gasteiger partial charge is 0.124 e. The Morgan fingerprint density at radius 2 is 1.57 bits per heavy atom. The van der Waals surface area contributed by atoms with Crippen molar-refractivity contribution >= 4 is 0 Å². The second kappa shape index (κ2) is 23.2. The predicted octanol–water partition coefficient (Wildman–Crippen LogP) is 4.91. The van der Waals surface area contributed by atoms with Gasteiger partial charge < -0.3 is 15.6 Å². The van der Waals surface area contributed by atoms with Gasteiger partial charge in [0.25, 0.3) is 0 Å². The number of hydroxylamine groups is 1. The highest BCUT2D eigenvalue weighted by Gasteiger charge is 2.03. The maximum atomic E-state index is 9.78. The SMILES string of the molecule is C=C/C(C)=C\C(=C)NC(O)CCCCCCCNO.CC.CC. The van der Waals surface area contributed by atoms with Crippen LogP contribution in [-0.4, -0.2) is 23.1 Å². The molecule has 0 saturated heterocycles. The Hall–Kier alpha value is -1.10. The third-order valence-electron chi connectivity index (χ3n) is 2.84. The van der Waals surface area contributed by atoms with Crippen molar-refractivity contribution < 1.29 is 10.3 Å². The van der Waals surface area contributed by atoms with E-state index >= 15 is 0 Å². The summed E-state index contributed by atoms with van der Waals surface area (Å²) in [7, 11) is 0. The van der Waals surface area contributed by atoms with Gasteiger partial charge in [-0.25, -0.2) is 5.48 Å². The van der Waals surface area contributed by atoms with Crippen LogP contribution in [0.15, 0.2) is 36.6 Å². The molecule has 0 aliphatic heterocycles. The van der Waals surface area contributed by atoms with Crippen LogP contribution in [0.5, 0.6) is 0 Å². The van der Waals surface area contributed by atoms with Gasteiger partial charge in [0.1, 0.15) is 6.23 Å². The van der Waals surface area contributed by atoms with Crippen molar-refractivity contribution in [2.75, 3.05) is 6.54 Å². The van der Waals surface area contributed by atoms with E-state index in [1.165, 1.54) is 0 Å². The number of aliphatic hydroxyl groups excluding tert-OH is 1. The highest BCUT2D eigenvalue weighted by Crippen LogP contribution is 2.07. The van der Waals surface area contributed by atoms with Crippen molar-refractivity contribution in [1.82, 2.24) is 10.8 Å². The summed E-state index contributed by atoms with van der Waals surface area (Å²) < 4.78 is 0. The first-order valence-corrected chi connectivity index (χ1v) is 8.91.